The number of aryl methyl sites for hydroxylation is 1. The van der Waals surface area contributed by atoms with Crippen LogP contribution in [0, 0.1) is 29.1 Å². The smallest absolute Gasteiger partial charge is 0.246 e. The topological polar surface area (TPSA) is 230 Å². The molecule has 368 valence electrons. The summed E-state index contributed by atoms with van der Waals surface area (Å²) < 4.78 is 1.97. The molecule has 4 aromatic rings. The molecule has 3 saturated heterocycles. The predicted molar refractivity (Wildman–Crippen MR) is 269 cm³/mol. The summed E-state index contributed by atoms with van der Waals surface area (Å²) in [5, 5.41) is 48.4. The van der Waals surface area contributed by atoms with E-state index < -0.39 is 23.6 Å². The van der Waals surface area contributed by atoms with Gasteiger partial charge in [-0.1, -0.05) is 57.2 Å². The molecule has 8 N–H and O–H groups in total. The van der Waals surface area contributed by atoms with Gasteiger partial charge >= 0.3 is 0 Å². The number of aliphatic hydroxyl groups excluding tert-OH is 1. The average Bonchev–Trinajstić information content (AvgIpc) is 4.12. The number of β-amino-alcohol motifs (C(OH)–C–C–N with tert-alkyl or cyclic N) is 1. The van der Waals surface area contributed by atoms with E-state index in [2.05, 4.69) is 30.5 Å². The van der Waals surface area contributed by atoms with Crippen molar-refractivity contribution < 1.29 is 24.6 Å². The lowest BCUT2D eigenvalue weighted by Gasteiger charge is -2.45. The number of likely N-dealkylation sites (tertiary alicyclic amines) is 3. The number of carbonyl (C=O) groups excluding carboxylic acids is 3. The second kappa shape index (κ2) is 21.5. The van der Waals surface area contributed by atoms with Crippen LogP contribution in [0.4, 0.5) is 0 Å². The predicted octanol–water partition coefficient (Wildman–Crippen LogP) is 5.88. The maximum atomic E-state index is 14.3. The zero-order chi connectivity index (χ0) is 49.0. The van der Waals surface area contributed by atoms with E-state index in [1.165, 1.54) is 17.0 Å². The van der Waals surface area contributed by atoms with E-state index in [1.54, 1.807) is 35.7 Å². The van der Waals surface area contributed by atoms with Gasteiger partial charge in [-0.2, -0.15) is 5.10 Å². The van der Waals surface area contributed by atoms with Crippen LogP contribution in [0.2, 0.25) is 0 Å². The number of benzene rings is 2. The maximum absolute atomic E-state index is 14.3. The molecule has 3 amide bonds. The van der Waals surface area contributed by atoms with E-state index >= 15 is 0 Å². The fraction of sp³-hybridized carbons (Fsp3) is 0.519. The molecule has 3 atom stereocenters. The van der Waals surface area contributed by atoms with E-state index in [0.29, 0.717) is 28.8 Å². The number of para-hydroxylation sites is 1. The molecular formula is C52H69N11O5S. The Labute approximate surface area is 409 Å². The number of nitrogens with zero attached hydrogens (tertiary/aromatic N) is 6. The second-order valence-corrected chi connectivity index (χ2v) is 21.4. The van der Waals surface area contributed by atoms with Gasteiger partial charge in [0.25, 0.3) is 0 Å². The van der Waals surface area contributed by atoms with Crippen LogP contribution in [-0.2, 0) is 20.9 Å². The van der Waals surface area contributed by atoms with Crippen molar-refractivity contribution in [3.8, 4) is 16.2 Å². The van der Waals surface area contributed by atoms with Gasteiger partial charge in [0, 0.05) is 73.5 Å². The Balaban J connectivity index is 0.777. The molecule has 0 spiro atoms. The summed E-state index contributed by atoms with van der Waals surface area (Å²) >= 11 is 1.59. The van der Waals surface area contributed by atoms with Crippen LogP contribution in [0.3, 0.4) is 0 Å². The van der Waals surface area contributed by atoms with Crippen molar-refractivity contribution in [2.24, 2.45) is 17.1 Å². The number of nitrogens with two attached hydrogens (primary N) is 1. The van der Waals surface area contributed by atoms with Gasteiger partial charge in [0.15, 0.2) is 0 Å². The summed E-state index contributed by atoms with van der Waals surface area (Å²) in [6.45, 7) is 12.1. The van der Waals surface area contributed by atoms with Gasteiger partial charge in [-0.3, -0.25) is 24.5 Å². The largest absolute Gasteiger partial charge is 0.507 e. The monoisotopic (exact) mass is 960 g/mol. The van der Waals surface area contributed by atoms with Crippen molar-refractivity contribution in [3.63, 3.8) is 0 Å². The SMILES string of the molecule is Cc1ncsc1-c1ccc(CNC(=O)[C@@H]2C[C@@H](O)CN2C(=O)[C@@H](NC(=O)C2CCC(N3CCC(N4CCC(n5cc(/C(=C/C(=N)c6ccccc6O)C(=N)N)cn5)CC4)CC3)CC2)C(C)(C)C)cc1. The van der Waals surface area contributed by atoms with Crippen molar-refractivity contribution in [3.05, 3.63) is 94.9 Å². The van der Waals surface area contributed by atoms with Crippen LogP contribution in [0.25, 0.3) is 16.0 Å². The molecule has 8 rings (SSSR count). The zero-order valence-corrected chi connectivity index (χ0v) is 41.2. The number of piperidine rings is 2. The molecule has 0 radical (unpaired) electrons. The number of amidine groups is 1. The van der Waals surface area contributed by atoms with Gasteiger partial charge in [-0.05, 0) is 106 Å². The number of rotatable bonds is 14. The first-order valence-electron chi connectivity index (χ1n) is 24.6. The number of hydrogen-bond acceptors (Lipinski definition) is 12. The number of hydrogen-bond donors (Lipinski definition) is 7. The Morgan fingerprint density at radius 2 is 1.54 bits per heavy atom. The molecule has 3 aliphatic heterocycles. The first-order valence-corrected chi connectivity index (χ1v) is 25.4. The van der Waals surface area contributed by atoms with Crippen molar-refractivity contribution in [1.82, 2.24) is 40.1 Å². The van der Waals surface area contributed by atoms with Gasteiger partial charge in [0.05, 0.1) is 40.1 Å². The number of nitrogens with one attached hydrogen (secondary N) is 4. The molecule has 1 aliphatic carbocycles. The minimum atomic E-state index is -0.854. The van der Waals surface area contributed by atoms with Crippen molar-refractivity contribution in [2.45, 2.75) is 128 Å². The molecule has 0 unspecified atom stereocenters. The van der Waals surface area contributed by atoms with Gasteiger partial charge in [0.1, 0.15) is 23.7 Å². The van der Waals surface area contributed by atoms with E-state index in [-0.39, 0.29) is 66.5 Å². The maximum Gasteiger partial charge on any atom is 0.246 e. The zero-order valence-electron chi connectivity index (χ0n) is 40.4. The van der Waals surface area contributed by atoms with E-state index in [0.717, 1.165) is 99.2 Å². The first kappa shape index (κ1) is 49.7. The van der Waals surface area contributed by atoms with Gasteiger partial charge in [-0.15, -0.1) is 11.3 Å². The summed E-state index contributed by atoms with van der Waals surface area (Å²) in [5.41, 5.74) is 11.6. The third-order valence-corrected chi connectivity index (χ3v) is 15.8. The summed E-state index contributed by atoms with van der Waals surface area (Å²) in [6.07, 6.45) is 11.9. The van der Waals surface area contributed by atoms with E-state index in [4.69, 9.17) is 16.6 Å². The first-order chi connectivity index (χ1) is 33.0. The Morgan fingerprint density at radius 1 is 0.899 bits per heavy atom. The van der Waals surface area contributed by atoms with Crippen LogP contribution in [0.15, 0.2) is 72.5 Å². The van der Waals surface area contributed by atoms with Crippen LogP contribution in [0.5, 0.6) is 5.75 Å². The Bertz CT molecular complexity index is 2510. The Morgan fingerprint density at radius 3 is 2.14 bits per heavy atom. The average molecular weight is 960 g/mol. The molecule has 4 aliphatic rings. The summed E-state index contributed by atoms with van der Waals surface area (Å²) in [5.74, 6) is -1.14. The molecule has 2 aromatic heterocycles. The van der Waals surface area contributed by atoms with Crippen molar-refractivity contribution in [2.75, 3.05) is 32.7 Å². The lowest BCUT2D eigenvalue weighted by atomic mass is 9.82. The lowest BCUT2D eigenvalue weighted by Crippen LogP contribution is -2.58. The minimum absolute atomic E-state index is 0.000535. The van der Waals surface area contributed by atoms with Crippen LogP contribution >= 0.6 is 11.3 Å². The number of phenolic OH excluding ortho intramolecular Hbond substituents is 1. The number of carbonyl (C=O) groups is 3. The van der Waals surface area contributed by atoms with Crippen LogP contribution in [-0.4, -0.2) is 132 Å². The highest BCUT2D eigenvalue weighted by molar-refractivity contribution is 7.13. The van der Waals surface area contributed by atoms with Crippen molar-refractivity contribution in [1.29, 1.82) is 10.8 Å². The number of thiazole rings is 1. The summed E-state index contributed by atoms with van der Waals surface area (Å²) in [6, 6.07) is 14.1. The standard InChI is InChI=1S/C52H69N11O5S/c1-32-46(69-31-57-32)34-11-9-33(10-12-34)27-56-50(67)44-25-40(64)30-62(44)51(68)47(52(2,3)4)59-49(66)35-13-15-37(16-14-35)60-21-17-38(18-22-60)61-23-19-39(20-24-61)63-29-36(28-58-63)42(48(54)55)26-43(53)41-7-5-6-8-45(41)65/h5-12,26,28-29,31,35,37-40,44,47,53,64-65H,13-25,27,30H2,1-4H3,(H3,54,55)(H,56,67)(H,59,66)/b42-26-,53-43?/t35?,37?,40-,44+,47-/m1/s1. The minimum Gasteiger partial charge on any atom is -0.507 e. The van der Waals surface area contributed by atoms with Gasteiger partial charge < -0.3 is 46.7 Å². The number of aliphatic hydroxyl groups is 1. The van der Waals surface area contributed by atoms with Gasteiger partial charge in [-0.25, -0.2) is 4.98 Å². The highest BCUT2D eigenvalue weighted by Gasteiger charge is 2.45. The van der Waals surface area contributed by atoms with Crippen LogP contribution < -0.4 is 16.4 Å². The fourth-order valence-corrected chi connectivity index (χ4v) is 11.6. The molecule has 17 heteroatoms. The molecule has 4 fully saturated rings. The third-order valence-electron chi connectivity index (χ3n) is 14.9. The quantitative estimate of drug-likeness (QED) is 0.0587. The summed E-state index contributed by atoms with van der Waals surface area (Å²) in [7, 11) is 0. The Hall–Kier alpha value is -5.75. The molecule has 0 bridgehead atoms. The van der Waals surface area contributed by atoms with Gasteiger partial charge in [0.2, 0.25) is 17.7 Å². The van der Waals surface area contributed by atoms with E-state index in [9.17, 15) is 24.6 Å². The highest BCUT2D eigenvalue weighted by Crippen LogP contribution is 2.34. The summed E-state index contributed by atoms with van der Waals surface area (Å²) in [4.78, 5) is 54.0. The fourth-order valence-electron chi connectivity index (χ4n) is 10.8. The number of allylic oxidation sites excluding steroid dienone is 1. The van der Waals surface area contributed by atoms with Crippen molar-refractivity contribution >= 4 is 46.2 Å². The number of amides is 3. The van der Waals surface area contributed by atoms with E-state index in [1.807, 2.05) is 68.3 Å². The normalized spacial score (nSPS) is 22.9. The lowest BCUT2D eigenvalue weighted by molar-refractivity contribution is -0.144. The highest BCUT2D eigenvalue weighted by atomic mass is 32.1. The second-order valence-electron chi connectivity index (χ2n) is 20.5. The molecule has 2 aromatic carbocycles. The molecule has 16 nitrogen and oxygen atoms in total. The molecule has 5 heterocycles. The molecule has 69 heavy (non-hydrogen) atoms. The Kier molecular flexibility index (Phi) is 15.5. The molecule has 1 saturated carbocycles. The molecular weight excluding hydrogens is 891 g/mol. The number of phenols is 1. The number of aromatic nitrogens is 3. The number of aromatic hydroxyl groups is 1. The third kappa shape index (κ3) is 11.7. The van der Waals surface area contributed by atoms with Crippen LogP contribution in [0.1, 0.15) is 107 Å².